The molecule has 2 aliphatic carbocycles. The van der Waals surface area contributed by atoms with Gasteiger partial charge in [0, 0.05) is 12.2 Å². The summed E-state index contributed by atoms with van der Waals surface area (Å²) in [5.41, 5.74) is 8.21. The number of aliphatic hydroxyl groups excluding tert-OH is 2. The fourth-order valence-electron chi connectivity index (χ4n) is 4.14. The van der Waals surface area contributed by atoms with Crippen molar-refractivity contribution in [2.45, 2.75) is 80.4 Å². The number of hydrogen-bond donors (Lipinski definition) is 2. The Morgan fingerprint density at radius 1 is 0.639 bits per heavy atom. The first-order valence-electron chi connectivity index (χ1n) is 13.0. The molecule has 36 heavy (non-hydrogen) atoms. The third-order valence-electron chi connectivity index (χ3n) is 5.66. The fraction of sp³-hybridized carbons (Fsp3) is 0.364. The average Bonchev–Trinajstić information content (AvgIpc) is 3.45. The Kier molecular flexibility index (Phi) is 12.4. The minimum atomic E-state index is -2.11. The summed E-state index contributed by atoms with van der Waals surface area (Å²) in [6, 6.07) is 17.9. The van der Waals surface area contributed by atoms with E-state index in [1.54, 1.807) is 37.6 Å². The summed E-state index contributed by atoms with van der Waals surface area (Å²) >= 11 is -2.11. The monoisotopic (exact) mass is 652 g/mol. The molecule has 0 atom stereocenters. The van der Waals surface area contributed by atoms with Crippen LogP contribution in [-0.4, -0.2) is 25.7 Å². The SMILES string of the molecule is CC(C)O.CC(C)O.C[C](C)=[Hf]([C]1=CC(c2ccc(C)cc2)=CC1)[C]1=CC(c2ccc(C)cc2)=CC1. The van der Waals surface area contributed by atoms with Gasteiger partial charge in [-0.05, 0) is 27.7 Å². The second-order valence-corrected chi connectivity index (χ2v) is 21.3. The van der Waals surface area contributed by atoms with Gasteiger partial charge >= 0.3 is 178 Å². The average molecular weight is 651 g/mol. The van der Waals surface area contributed by atoms with Crippen molar-refractivity contribution in [2.75, 3.05) is 0 Å². The topological polar surface area (TPSA) is 40.5 Å². The van der Waals surface area contributed by atoms with E-state index in [0.29, 0.717) is 0 Å². The van der Waals surface area contributed by atoms with Gasteiger partial charge in [0.15, 0.2) is 0 Å². The molecule has 0 spiro atoms. The zero-order chi connectivity index (χ0) is 26.8. The third kappa shape index (κ3) is 9.84. The van der Waals surface area contributed by atoms with E-state index in [2.05, 4.69) is 101 Å². The molecule has 0 unspecified atom stereocenters. The Morgan fingerprint density at radius 2 is 0.944 bits per heavy atom. The molecule has 4 rings (SSSR count). The number of aryl methyl sites for hydroxylation is 2. The number of benzene rings is 2. The van der Waals surface area contributed by atoms with Crippen molar-refractivity contribution in [1.29, 1.82) is 0 Å². The van der Waals surface area contributed by atoms with Gasteiger partial charge < -0.3 is 10.2 Å². The van der Waals surface area contributed by atoms with Crippen LogP contribution in [0.15, 0.2) is 79.5 Å². The Labute approximate surface area is 226 Å². The Morgan fingerprint density at radius 3 is 1.22 bits per heavy atom. The second-order valence-electron chi connectivity index (χ2n) is 10.4. The molecular weight excluding hydrogens is 607 g/mol. The van der Waals surface area contributed by atoms with Crippen molar-refractivity contribution in [1.82, 2.24) is 0 Å². The number of rotatable bonds is 4. The van der Waals surface area contributed by atoms with Crippen LogP contribution < -0.4 is 0 Å². The van der Waals surface area contributed by atoms with Gasteiger partial charge in [0.05, 0.1) is 0 Å². The van der Waals surface area contributed by atoms with Crippen molar-refractivity contribution in [3.05, 3.63) is 102 Å². The van der Waals surface area contributed by atoms with Crippen molar-refractivity contribution in [2.24, 2.45) is 0 Å². The maximum atomic E-state index is 8.06. The van der Waals surface area contributed by atoms with Crippen LogP contribution >= 0.6 is 0 Å². The van der Waals surface area contributed by atoms with Crippen LogP contribution in [0.3, 0.4) is 0 Å². The molecule has 192 valence electrons. The van der Waals surface area contributed by atoms with Crippen LogP contribution in [0.1, 0.15) is 76.6 Å². The number of allylic oxidation sites excluding steroid dienone is 8. The molecule has 2 aromatic carbocycles. The Bertz CT molecular complexity index is 1060. The molecule has 0 heterocycles. The van der Waals surface area contributed by atoms with E-state index >= 15 is 0 Å². The molecule has 0 aromatic heterocycles. The maximum absolute atomic E-state index is 8.06. The fourth-order valence-corrected chi connectivity index (χ4v) is 14.6. The molecule has 0 aliphatic heterocycles. The summed E-state index contributed by atoms with van der Waals surface area (Å²) in [6.45, 7) is 15.9. The molecule has 2 N–H and O–H groups in total. The van der Waals surface area contributed by atoms with E-state index in [1.807, 2.05) is 0 Å². The van der Waals surface area contributed by atoms with Crippen LogP contribution in [0.25, 0.3) is 11.1 Å². The predicted molar refractivity (Wildman–Crippen MR) is 155 cm³/mol. The van der Waals surface area contributed by atoms with Crippen LogP contribution in [0, 0.1) is 13.8 Å². The first-order valence-corrected chi connectivity index (χ1v) is 18.4. The Hall–Kier alpha value is -1.94. The molecular formula is C33H44HfO2. The van der Waals surface area contributed by atoms with Gasteiger partial charge in [0.1, 0.15) is 0 Å². The summed E-state index contributed by atoms with van der Waals surface area (Å²) in [5.74, 6) is 0. The van der Waals surface area contributed by atoms with E-state index in [-0.39, 0.29) is 12.2 Å². The van der Waals surface area contributed by atoms with Crippen molar-refractivity contribution in [3.63, 3.8) is 0 Å². The molecule has 3 heteroatoms. The van der Waals surface area contributed by atoms with Gasteiger partial charge in [-0.25, -0.2) is 0 Å². The van der Waals surface area contributed by atoms with E-state index in [1.165, 1.54) is 33.4 Å². The van der Waals surface area contributed by atoms with Crippen molar-refractivity contribution < 1.29 is 31.2 Å². The molecule has 2 nitrogen and oxygen atoms in total. The Balaban J connectivity index is 0.000000501. The zero-order valence-electron chi connectivity index (χ0n) is 23.4. The van der Waals surface area contributed by atoms with Gasteiger partial charge in [0.25, 0.3) is 0 Å². The summed E-state index contributed by atoms with van der Waals surface area (Å²) in [4.78, 5) is 0. The van der Waals surface area contributed by atoms with E-state index in [9.17, 15) is 0 Å². The van der Waals surface area contributed by atoms with Crippen LogP contribution in [0.5, 0.6) is 0 Å². The van der Waals surface area contributed by atoms with E-state index in [4.69, 9.17) is 10.2 Å². The third-order valence-corrected chi connectivity index (χ3v) is 16.4. The first-order chi connectivity index (χ1) is 17.0. The summed E-state index contributed by atoms with van der Waals surface area (Å²) in [5, 5.41) is 16.1. The summed E-state index contributed by atoms with van der Waals surface area (Å²) in [7, 11) is 0. The molecule has 0 amide bonds. The standard InChI is InChI=1S/2C12H11.2C3H8O.C3H6.Hf/c2*1-10-6-8-12(9-7-10)11-4-2-3-5-11;2*1-3(2)4;1-3-2;/h2*4-9H,2H2,1H3;2*3-4H,1-2H3;1-2H3;. The molecule has 2 aliphatic rings. The van der Waals surface area contributed by atoms with Crippen LogP contribution in [0.4, 0.5) is 0 Å². The second kappa shape index (κ2) is 14.7. The van der Waals surface area contributed by atoms with Gasteiger partial charge in [-0.15, -0.1) is 0 Å². The van der Waals surface area contributed by atoms with E-state index in [0.717, 1.165) is 12.8 Å². The molecule has 0 fully saturated rings. The molecule has 2 aromatic rings. The van der Waals surface area contributed by atoms with Crippen molar-refractivity contribution >= 4 is 14.4 Å². The van der Waals surface area contributed by atoms with Crippen LogP contribution in [0.2, 0.25) is 0 Å². The van der Waals surface area contributed by atoms with Crippen molar-refractivity contribution in [3.8, 4) is 0 Å². The molecule has 0 saturated carbocycles. The molecule has 0 saturated heterocycles. The first kappa shape index (κ1) is 30.3. The van der Waals surface area contributed by atoms with Gasteiger partial charge in [0.2, 0.25) is 0 Å². The zero-order valence-corrected chi connectivity index (χ0v) is 27.0. The quantitative estimate of drug-likeness (QED) is 0.330. The number of hydrogen-bond acceptors (Lipinski definition) is 2. The summed E-state index contributed by atoms with van der Waals surface area (Å²) in [6.07, 6.45) is 11.9. The molecule has 0 bridgehead atoms. The van der Waals surface area contributed by atoms with Gasteiger partial charge in [-0.2, -0.15) is 0 Å². The van der Waals surface area contributed by atoms with Gasteiger partial charge in [-0.1, -0.05) is 0 Å². The molecule has 0 radical (unpaired) electrons. The predicted octanol–water partition coefficient (Wildman–Crippen LogP) is 7.95. The van der Waals surface area contributed by atoms with E-state index < -0.39 is 21.0 Å². The normalized spacial score (nSPS) is 14.2. The van der Waals surface area contributed by atoms with Crippen LogP contribution in [-0.2, 0) is 21.0 Å². The minimum absolute atomic E-state index is 0.167. The summed E-state index contributed by atoms with van der Waals surface area (Å²) < 4.78 is 5.18. The number of aliphatic hydroxyl groups is 2. The van der Waals surface area contributed by atoms with Gasteiger partial charge in [-0.3, -0.25) is 0 Å².